The number of rotatable bonds is 7. The number of esters is 1. The number of carbonyl (C=O) groups excluding carboxylic acids is 2. The van der Waals surface area contributed by atoms with Gasteiger partial charge in [0.25, 0.3) is 0 Å². The highest BCUT2D eigenvalue weighted by Crippen LogP contribution is 2.40. The first-order chi connectivity index (χ1) is 14.0. The van der Waals surface area contributed by atoms with Crippen molar-refractivity contribution in [3.05, 3.63) is 75.6 Å². The summed E-state index contributed by atoms with van der Waals surface area (Å²) in [5, 5.41) is 4.05. The highest BCUT2D eigenvalue weighted by atomic mass is 35.5. The SMILES string of the molecule is CCOC(=O)c1c(NC(=O)CCc2ccccc2)sc(C)c1-c1ccc(Cl)cc1. The van der Waals surface area contributed by atoms with Crippen LogP contribution < -0.4 is 5.32 Å². The quantitative estimate of drug-likeness (QED) is 0.462. The second-order valence-corrected chi connectivity index (χ2v) is 8.16. The molecule has 0 atom stereocenters. The third kappa shape index (κ3) is 5.25. The molecule has 1 amide bonds. The van der Waals surface area contributed by atoms with E-state index in [9.17, 15) is 9.59 Å². The Bertz CT molecular complexity index is 997. The molecule has 0 aliphatic rings. The molecule has 0 bridgehead atoms. The van der Waals surface area contributed by atoms with Gasteiger partial charge >= 0.3 is 5.97 Å². The highest BCUT2D eigenvalue weighted by molar-refractivity contribution is 7.17. The topological polar surface area (TPSA) is 55.4 Å². The van der Waals surface area contributed by atoms with Gasteiger partial charge in [-0.1, -0.05) is 54.1 Å². The minimum atomic E-state index is -0.444. The van der Waals surface area contributed by atoms with Gasteiger partial charge in [0.1, 0.15) is 10.6 Å². The van der Waals surface area contributed by atoms with Crippen molar-refractivity contribution in [1.29, 1.82) is 0 Å². The molecule has 0 saturated heterocycles. The van der Waals surface area contributed by atoms with Crippen molar-refractivity contribution in [3.63, 3.8) is 0 Å². The average Bonchev–Trinajstić information content (AvgIpc) is 3.03. The molecular weight excluding hydrogens is 406 g/mol. The number of anilines is 1. The smallest absolute Gasteiger partial charge is 0.341 e. The van der Waals surface area contributed by atoms with Crippen molar-refractivity contribution < 1.29 is 14.3 Å². The van der Waals surface area contributed by atoms with Gasteiger partial charge in [-0.15, -0.1) is 11.3 Å². The summed E-state index contributed by atoms with van der Waals surface area (Å²) in [6.07, 6.45) is 0.968. The molecule has 0 aliphatic carbocycles. The molecule has 0 radical (unpaired) electrons. The molecule has 29 heavy (non-hydrogen) atoms. The number of aryl methyl sites for hydroxylation is 2. The van der Waals surface area contributed by atoms with E-state index in [-0.39, 0.29) is 12.5 Å². The van der Waals surface area contributed by atoms with Crippen LogP contribution in [0.25, 0.3) is 11.1 Å². The van der Waals surface area contributed by atoms with Crippen LogP contribution in [0.15, 0.2) is 54.6 Å². The number of amides is 1. The fourth-order valence-electron chi connectivity index (χ4n) is 3.09. The molecule has 1 heterocycles. The van der Waals surface area contributed by atoms with E-state index in [1.807, 2.05) is 49.4 Å². The third-order valence-corrected chi connectivity index (χ3v) is 5.71. The molecule has 150 valence electrons. The Morgan fingerprint density at radius 3 is 2.41 bits per heavy atom. The summed E-state index contributed by atoms with van der Waals surface area (Å²) in [6.45, 7) is 3.95. The van der Waals surface area contributed by atoms with Crippen molar-refractivity contribution >= 4 is 39.8 Å². The lowest BCUT2D eigenvalue weighted by atomic mass is 10.0. The zero-order valence-electron chi connectivity index (χ0n) is 16.3. The molecule has 0 aliphatic heterocycles. The van der Waals surface area contributed by atoms with Crippen molar-refractivity contribution in [2.24, 2.45) is 0 Å². The van der Waals surface area contributed by atoms with E-state index < -0.39 is 5.97 Å². The second-order valence-electron chi connectivity index (χ2n) is 6.50. The predicted molar refractivity (Wildman–Crippen MR) is 119 cm³/mol. The lowest BCUT2D eigenvalue weighted by Crippen LogP contribution is -2.15. The molecule has 0 spiro atoms. The molecule has 3 rings (SSSR count). The molecule has 3 aromatic rings. The number of carbonyl (C=O) groups is 2. The summed E-state index contributed by atoms with van der Waals surface area (Å²) < 4.78 is 5.27. The lowest BCUT2D eigenvalue weighted by Gasteiger charge is -2.09. The summed E-state index contributed by atoms with van der Waals surface area (Å²) in [5.74, 6) is -0.580. The number of benzene rings is 2. The number of halogens is 1. The van der Waals surface area contributed by atoms with Gasteiger partial charge in [-0.3, -0.25) is 4.79 Å². The maximum absolute atomic E-state index is 12.7. The van der Waals surface area contributed by atoms with E-state index in [0.717, 1.165) is 21.6 Å². The lowest BCUT2D eigenvalue weighted by molar-refractivity contribution is -0.116. The van der Waals surface area contributed by atoms with E-state index in [0.29, 0.717) is 28.4 Å². The van der Waals surface area contributed by atoms with Crippen LogP contribution in [0.2, 0.25) is 5.02 Å². The maximum Gasteiger partial charge on any atom is 0.341 e. The van der Waals surface area contributed by atoms with Crippen LogP contribution in [0.4, 0.5) is 5.00 Å². The molecule has 0 unspecified atom stereocenters. The number of nitrogens with one attached hydrogen (secondary N) is 1. The van der Waals surface area contributed by atoms with Crippen LogP contribution in [-0.4, -0.2) is 18.5 Å². The van der Waals surface area contributed by atoms with Crippen LogP contribution >= 0.6 is 22.9 Å². The van der Waals surface area contributed by atoms with E-state index in [1.165, 1.54) is 11.3 Å². The van der Waals surface area contributed by atoms with Crippen molar-refractivity contribution in [1.82, 2.24) is 0 Å². The minimum Gasteiger partial charge on any atom is -0.462 e. The Hall–Kier alpha value is -2.63. The Kier molecular flexibility index (Phi) is 7.07. The molecule has 4 nitrogen and oxygen atoms in total. The normalized spacial score (nSPS) is 10.6. The van der Waals surface area contributed by atoms with Gasteiger partial charge in [0.05, 0.1) is 6.61 Å². The van der Waals surface area contributed by atoms with E-state index >= 15 is 0 Å². The Morgan fingerprint density at radius 2 is 1.76 bits per heavy atom. The fourth-order valence-corrected chi connectivity index (χ4v) is 4.29. The maximum atomic E-state index is 12.7. The summed E-state index contributed by atoms with van der Waals surface area (Å²) in [7, 11) is 0. The Balaban J connectivity index is 1.87. The van der Waals surface area contributed by atoms with Crippen molar-refractivity contribution in [2.75, 3.05) is 11.9 Å². The number of hydrogen-bond acceptors (Lipinski definition) is 4. The van der Waals surface area contributed by atoms with Gasteiger partial charge in [-0.05, 0) is 43.5 Å². The fraction of sp³-hybridized carbons (Fsp3) is 0.217. The third-order valence-electron chi connectivity index (χ3n) is 4.43. The predicted octanol–water partition coefficient (Wildman–Crippen LogP) is 6.12. The first-order valence-electron chi connectivity index (χ1n) is 9.39. The molecule has 0 fully saturated rings. The highest BCUT2D eigenvalue weighted by Gasteiger charge is 2.25. The van der Waals surface area contributed by atoms with Gasteiger partial charge in [0.2, 0.25) is 5.91 Å². The monoisotopic (exact) mass is 427 g/mol. The van der Waals surface area contributed by atoms with Gasteiger partial charge in [-0.25, -0.2) is 4.79 Å². The average molecular weight is 428 g/mol. The Morgan fingerprint density at radius 1 is 1.07 bits per heavy atom. The summed E-state index contributed by atoms with van der Waals surface area (Å²) in [6, 6.07) is 17.1. The van der Waals surface area contributed by atoms with Crippen molar-refractivity contribution in [2.45, 2.75) is 26.7 Å². The Labute approximate surface area is 179 Å². The van der Waals surface area contributed by atoms with Crippen LogP contribution in [0.3, 0.4) is 0 Å². The summed E-state index contributed by atoms with van der Waals surface area (Å²) in [5.41, 5.74) is 3.11. The molecule has 6 heteroatoms. The number of ether oxygens (including phenoxy) is 1. The second kappa shape index (κ2) is 9.72. The van der Waals surface area contributed by atoms with Gasteiger partial charge in [-0.2, -0.15) is 0 Å². The first-order valence-corrected chi connectivity index (χ1v) is 10.6. The van der Waals surface area contributed by atoms with Crippen LogP contribution in [-0.2, 0) is 16.0 Å². The molecule has 2 aromatic carbocycles. The van der Waals surface area contributed by atoms with E-state index in [1.54, 1.807) is 19.1 Å². The van der Waals surface area contributed by atoms with Crippen LogP contribution in [0.1, 0.15) is 34.1 Å². The van der Waals surface area contributed by atoms with Gasteiger partial charge in [0.15, 0.2) is 0 Å². The van der Waals surface area contributed by atoms with Crippen LogP contribution in [0.5, 0.6) is 0 Å². The number of thiophene rings is 1. The molecule has 1 aromatic heterocycles. The minimum absolute atomic E-state index is 0.136. The van der Waals surface area contributed by atoms with Gasteiger partial charge < -0.3 is 10.1 Å². The summed E-state index contributed by atoms with van der Waals surface area (Å²) in [4.78, 5) is 26.2. The largest absolute Gasteiger partial charge is 0.462 e. The van der Waals surface area contributed by atoms with E-state index in [2.05, 4.69) is 5.32 Å². The first kappa shape index (κ1) is 21.1. The number of hydrogen-bond donors (Lipinski definition) is 1. The molecular formula is C23H22ClNO3S. The summed E-state index contributed by atoms with van der Waals surface area (Å²) >= 11 is 7.38. The zero-order chi connectivity index (χ0) is 20.8. The molecule has 1 N–H and O–H groups in total. The standard InChI is InChI=1S/C23H22ClNO3S/c1-3-28-23(27)21-20(17-10-12-18(24)13-11-17)15(2)29-22(21)25-19(26)14-9-16-7-5-4-6-8-16/h4-8,10-13H,3,9,14H2,1-2H3,(H,25,26). The van der Waals surface area contributed by atoms with Crippen LogP contribution in [0, 0.1) is 6.92 Å². The van der Waals surface area contributed by atoms with Gasteiger partial charge in [0, 0.05) is 21.9 Å². The molecule has 0 saturated carbocycles. The zero-order valence-corrected chi connectivity index (χ0v) is 17.9. The van der Waals surface area contributed by atoms with E-state index in [4.69, 9.17) is 16.3 Å². The van der Waals surface area contributed by atoms with Crippen molar-refractivity contribution in [3.8, 4) is 11.1 Å².